The van der Waals surface area contributed by atoms with Gasteiger partial charge in [0, 0.05) is 0 Å². The Morgan fingerprint density at radius 1 is 0.774 bits per heavy atom. The van der Waals surface area contributed by atoms with Crippen molar-refractivity contribution in [2.24, 2.45) is 57.7 Å². The molecule has 0 spiro atoms. The van der Waals surface area contributed by atoms with E-state index in [-0.39, 0.29) is 6.10 Å². The number of aliphatic hydroxyl groups is 1. The van der Waals surface area contributed by atoms with Gasteiger partial charge in [0.2, 0.25) is 0 Å². The van der Waals surface area contributed by atoms with Crippen LogP contribution in [0.3, 0.4) is 0 Å². The van der Waals surface area contributed by atoms with Gasteiger partial charge < -0.3 is 5.11 Å². The Bertz CT molecular complexity index is 626. The second-order valence-corrected chi connectivity index (χ2v) is 14.0. The molecule has 4 fully saturated rings. The van der Waals surface area contributed by atoms with Crippen LogP contribution in [0.2, 0.25) is 0 Å². The highest BCUT2D eigenvalue weighted by molar-refractivity contribution is 5.14. The van der Waals surface area contributed by atoms with E-state index in [2.05, 4.69) is 48.5 Å². The quantitative estimate of drug-likeness (QED) is 0.448. The third-order valence-corrected chi connectivity index (χ3v) is 12.5. The molecule has 4 rings (SSSR count). The van der Waals surface area contributed by atoms with E-state index in [1.54, 1.807) is 0 Å². The lowest BCUT2D eigenvalue weighted by Crippen LogP contribution is -2.59. The Labute approximate surface area is 194 Å². The van der Waals surface area contributed by atoms with E-state index in [1.165, 1.54) is 64.2 Å². The number of hydrogen-bond donors (Lipinski definition) is 1. The topological polar surface area (TPSA) is 20.2 Å². The first-order chi connectivity index (χ1) is 14.6. The number of hydrogen-bond acceptors (Lipinski definition) is 1. The highest BCUT2D eigenvalue weighted by Crippen LogP contribution is 2.73. The van der Waals surface area contributed by atoms with Crippen LogP contribution >= 0.6 is 0 Å². The zero-order valence-electron chi connectivity index (χ0n) is 22.1. The molecule has 1 N–H and O–H groups in total. The summed E-state index contributed by atoms with van der Waals surface area (Å²) in [4.78, 5) is 0. The molecule has 4 saturated carbocycles. The van der Waals surface area contributed by atoms with Gasteiger partial charge in [0.1, 0.15) is 0 Å². The van der Waals surface area contributed by atoms with Crippen molar-refractivity contribution in [3.8, 4) is 0 Å². The molecule has 4 aliphatic carbocycles. The van der Waals surface area contributed by atoms with Crippen LogP contribution in [0.25, 0.3) is 0 Å². The number of aliphatic hydroxyl groups excluding tert-OH is 1. The van der Waals surface area contributed by atoms with Crippen LogP contribution in [0.1, 0.15) is 126 Å². The van der Waals surface area contributed by atoms with Gasteiger partial charge in [-0.3, -0.25) is 0 Å². The molecule has 1 heteroatoms. The fourth-order valence-electron chi connectivity index (χ4n) is 10.6. The SMILES string of the molecule is CC[C@H](CC[C@@H](C)[C@H]1CC[C@@H]2[C@]1(C)CC[C@H]1[C@@]2(C)CCC2C[C@@H](O)CC[C@@]21C)C(C)C. The van der Waals surface area contributed by atoms with Crippen LogP contribution in [-0.4, -0.2) is 11.2 Å². The van der Waals surface area contributed by atoms with Crippen molar-refractivity contribution in [3.05, 3.63) is 0 Å². The summed E-state index contributed by atoms with van der Waals surface area (Å²) >= 11 is 0. The molecule has 0 amide bonds. The van der Waals surface area contributed by atoms with Gasteiger partial charge in [0.05, 0.1) is 6.10 Å². The predicted octanol–water partition coefficient (Wildman–Crippen LogP) is 8.49. The molecule has 180 valence electrons. The fourth-order valence-corrected chi connectivity index (χ4v) is 10.6. The summed E-state index contributed by atoms with van der Waals surface area (Å²) in [7, 11) is 0. The van der Waals surface area contributed by atoms with Gasteiger partial charge in [-0.25, -0.2) is 0 Å². The molecular formula is C30H54O. The number of rotatable bonds is 6. The Morgan fingerprint density at radius 3 is 2.10 bits per heavy atom. The minimum absolute atomic E-state index is 0.0224. The zero-order chi connectivity index (χ0) is 22.6. The van der Waals surface area contributed by atoms with E-state index in [4.69, 9.17) is 0 Å². The summed E-state index contributed by atoms with van der Waals surface area (Å²) in [5, 5.41) is 10.4. The van der Waals surface area contributed by atoms with Crippen molar-refractivity contribution in [3.63, 3.8) is 0 Å². The smallest absolute Gasteiger partial charge is 0.0543 e. The first-order valence-corrected chi connectivity index (χ1v) is 14.2. The van der Waals surface area contributed by atoms with E-state index in [1.807, 2.05) is 0 Å². The zero-order valence-corrected chi connectivity index (χ0v) is 22.1. The second kappa shape index (κ2) is 8.63. The maximum atomic E-state index is 10.4. The molecule has 10 atom stereocenters. The Kier molecular flexibility index (Phi) is 6.71. The summed E-state index contributed by atoms with van der Waals surface area (Å²) in [5.41, 5.74) is 1.60. The van der Waals surface area contributed by atoms with Gasteiger partial charge in [0.15, 0.2) is 0 Å². The Morgan fingerprint density at radius 2 is 1.42 bits per heavy atom. The van der Waals surface area contributed by atoms with Crippen LogP contribution in [0.4, 0.5) is 0 Å². The van der Waals surface area contributed by atoms with E-state index in [0.29, 0.717) is 16.2 Å². The molecule has 31 heavy (non-hydrogen) atoms. The summed E-state index contributed by atoms with van der Waals surface area (Å²) in [6.45, 7) is 18.0. The van der Waals surface area contributed by atoms with E-state index in [9.17, 15) is 5.11 Å². The standard InChI is InChI=1S/C30H54O/c1-8-22(20(2)3)10-9-21(4)25-11-12-26-29(25,6)18-15-27-28(5)17-14-24(31)19-23(28)13-16-30(26,27)7/h20-27,31H,8-19H2,1-7H3/t21-,22-,23?,24+,25-,26-,27-,28+,29-,30+/m1/s1. The van der Waals surface area contributed by atoms with Crippen molar-refractivity contribution < 1.29 is 5.11 Å². The number of fused-ring (bicyclic) bond motifs is 5. The maximum Gasteiger partial charge on any atom is 0.0543 e. The minimum Gasteiger partial charge on any atom is -0.393 e. The summed E-state index contributed by atoms with van der Waals surface area (Å²) in [6.07, 6.45) is 16.3. The molecule has 1 unspecified atom stereocenters. The van der Waals surface area contributed by atoms with Crippen LogP contribution < -0.4 is 0 Å². The van der Waals surface area contributed by atoms with Crippen LogP contribution in [-0.2, 0) is 0 Å². The molecule has 0 radical (unpaired) electrons. The highest BCUT2D eigenvalue weighted by Gasteiger charge is 2.65. The van der Waals surface area contributed by atoms with Gasteiger partial charge >= 0.3 is 0 Å². The van der Waals surface area contributed by atoms with Crippen LogP contribution in [0, 0.1) is 57.7 Å². The molecule has 0 aromatic rings. The van der Waals surface area contributed by atoms with Gasteiger partial charge in [-0.05, 0) is 122 Å². The first-order valence-electron chi connectivity index (χ1n) is 14.2. The lowest BCUT2D eigenvalue weighted by atomic mass is 9.39. The predicted molar refractivity (Wildman–Crippen MR) is 133 cm³/mol. The second-order valence-electron chi connectivity index (χ2n) is 14.0. The van der Waals surface area contributed by atoms with Crippen molar-refractivity contribution in [2.75, 3.05) is 0 Å². The molecule has 0 aliphatic heterocycles. The third kappa shape index (κ3) is 3.85. The Hall–Kier alpha value is -0.0400. The van der Waals surface area contributed by atoms with Gasteiger partial charge in [-0.1, -0.05) is 61.3 Å². The van der Waals surface area contributed by atoms with Crippen molar-refractivity contribution in [1.82, 2.24) is 0 Å². The highest BCUT2D eigenvalue weighted by atomic mass is 16.3. The van der Waals surface area contributed by atoms with Crippen molar-refractivity contribution in [1.29, 1.82) is 0 Å². The molecule has 0 aromatic heterocycles. The lowest BCUT2D eigenvalue weighted by Gasteiger charge is -2.66. The maximum absolute atomic E-state index is 10.4. The van der Waals surface area contributed by atoms with E-state index in [0.717, 1.165) is 54.3 Å². The lowest BCUT2D eigenvalue weighted by molar-refractivity contribution is -0.176. The molecule has 4 aliphatic rings. The third-order valence-electron chi connectivity index (χ3n) is 12.5. The molecule has 0 bridgehead atoms. The molecule has 0 heterocycles. The molecular weight excluding hydrogens is 376 g/mol. The minimum atomic E-state index is -0.0224. The summed E-state index contributed by atoms with van der Waals surface area (Å²) < 4.78 is 0. The van der Waals surface area contributed by atoms with Crippen molar-refractivity contribution >= 4 is 0 Å². The Balaban J connectivity index is 1.50. The summed E-state index contributed by atoms with van der Waals surface area (Å²) in [5.74, 6) is 6.18. The monoisotopic (exact) mass is 430 g/mol. The van der Waals surface area contributed by atoms with Crippen LogP contribution in [0.5, 0.6) is 0 Å². The molecule has 1 nitrogen and oxygen atoms in total. The largest absolute Gasteiger partial charge is 0.393 e. The molecule has 0 aromatic carbocycles. The van der Waals surface area contributed by atoms with Gasteiger partial charge in [-0.15, -0.1) is 0 Å². The summed E-state index contributed by atoms with van der Waals surface area (Å²) in [6, 6.07) is 0. The van der Waals surface area contributed by atoms with Gasteiger partial charge in [0.25, 0.3) is 0 Å². The normalized spacial score (nSPS) is 49.3. The average Bonchev–Trinajstić information content (AvgIpc) is 3.07. The van der Waals surface area contributed by atoms with Crippen molar-refractivity contribution in [2.45, 2.75) is 132 Å². The molecule has 0 saturated heterocycles. The first kappa shape index (κ1) is 24.1. The van der Waals surface area contributed by atoms with Crippen LogP contribution in [0.15, 0.2) is 0 Å². The van der Waals surface area contributed by atoms with Gasteiger partial charge in [-0.2, -0.15) is 0 Å². The fraction of sp³-hybridized carbons (Fsp3) is 1.00. The van der Waals surface area contributed by atoms with E-state index >= 15 is 0 Å². The van der Waals surface area contributed by atoms with E-state index < -0.39 is 0 Å². The average molecular weight is 431 g/mol.